The summed E-state index contributed by atoms with van der Waals surface area (Å²) in [4.78, 5) is 12.7. The van der Waals surface area contributed by atoms with Crippen LogP contribution < -0.4 is 0 Å². The maximum atomic E-state index is 10.3. The molecule has 3 nitrogen and oxygen atoms in total. The number of hydrogen-bond acceptors (Lipinski definition) is 3. The first-order valence-corrected chi connectivity index (χ1v) is 5.88. The van der Waals surface area contributed by atoms with Crippen molar-refractivity contribution in [3.05, 3.63) is 40.3 Å². The molecule has 1 fully saturated rings. The molecule has 0 saturated carbocycles. The van der Waals surface area contributed by atoms with E-state index >= 15 is 0 Å². The minimum atomic E-state index is 0.360. The second-order valence-electron chi connectivity index (χ2n) is 4.56. The smallest absolute Gasteiger partial charge is 0.0966 e. The summed E-state index contributed by atoms with van der Waals surface area (Å²) >= 11 is 0. The Bertz CT molecular complexity index is 347. The molecule has 1 unspecified atom stereocenters. The molecule has 16 heavy (non-hydrogen) atoms. The molecule has 86 valence electrons. The van der Waals surface area contributed by atoms with Crippen molar-refractivity contribution in [2.45, 2.75) is 32.4 Å². The van der Waals surface area contributed by atoms with Crippen molar-refractivity contribution < 1.29 is 0 Å². The monoisotopic (exact) mass is 218 g/mol. The highest BCUT2D eigenvalue weighted by Crippen LogP contribution is 2.20. The quantitative estimate of drug-likeness (QED) is 0.728. The number of hydrogen-bond donors (Lipinski definition) is 0. The second kappa shape index (κ2) is 5.21. The zero-order valence-corrected chi connectivity index (χ0v) is 9.72. The number of rotatable bonds is 4. The van der Waals surface area contributed by atoms with Crippen molar-refractivity contribution in [2.24, 2.45) is 5.18 Å². The molecule has 1 aromatic rings. The van der Waals surface area contributed by atoms with Gasteiger partial charge in [-0.05, 0) is 31.9 Å². The molecule has 0 aliphatic carbocycles. The van der Waals surface area contributed by atoms with E-state index in [4.69, 9.17) is 0 Å². The van der Waals surface area contributed by atoms with Crippen LogP contribution in [-0.4, -0.2) is 24.0 Å². The van der Waals surface area contributed by atoms with Gasteiger partial charge in [0.25, 0.3) is 0 Å². The van der Waals surface area contributed by atoms with Crippen molar-refractivity contribution >= 4 is 0 Å². The molecular formula is C13H18N2O. The predicted octanol–water partition coefficient (Wildman–Crippen LogP) is 2.73. The minimum absolute atomic E-state index is 0.360. The summed E-state index contributed by atoms with van der Waals surface area (Å²) in [5.74, 6) is 0. The van der Waals surface area contributed by atoms with Crippen LogP contribution in [0.5, 0.6) is 0 Å². The van der Waals surface area contributed by atoms with Crippen LogP contribution in [0.2, 0.25) is 0 Å². The average Bonchev–Trinajstić information content (AvgIpc) is 2.70. The molecule has 0 radical (unpaired) electrons. The molecule has 2 rings (SSSR count). The lowest BCUT2D eigenvalue weighted by atomic mass is 10.1. The van der Waals surface area contributed by atoms with Crippen LogP contribution in [0.1, 0.15) is 24.0 Å². The van der Waals surface area contributed by atoms with Gasteiger partial charge in [0.2, 0.25) is 0 Å². The molecular weight excluding hydrogens is 200 g/mol. The van der Waals surface area contributed by atoms with Crippen LogP contribution >= 0.6 is 0 Å². The van der Waals surface area contributed by atoms with Gasteiger partial charge in [-0.2, -0.15) is 4.91 Å². The third-order valence-corrected chi connectivity index (χ3v) is 3.29. The summed E-state index contributed by atoms with van der Waals surface area (Å²) in [5, 5.41) is 3.03. The summed E-state index contributed by atoms with van der Waals surface area (Å²) < 4.78 is 0. The van der Waals surface area contributed by atoms with Gasteiger partial charge < -0.3 is 0 Å². The second-order valence-corrected chi connectivity index (χ2v) is 4.56. The predicted molar refractivity (Wildman–Crippen MR) is 65.3 cm³/mol. The summed E-state index contributed by atoms with van der Waals surface area (Å²) in [7, 11) is 0. The van der Waals surface area contributed by atoms with Crippen molar-refractivity contribution in [3.8, 4) is 0 Å². The number of benzene rings is 1. The molecule has 1 atom stereocenters. The van der Waals surface area contributed by atoms with Crippen LogP contribution in [0.4, 0.5) is 0 Å². The van der Waals surface area contributed by atoms with Gasteiger partial charge in [0, 0.05) is 12.6 Å². The fourth-order valence-corrected chi connectivity index (χ4v) is 2.32. The van der Waals surface area contributed by atoms with E-state index in [1.807, 2.05) is 0 Å². The maximum absolute atomic E-state index is 10.3. The topological polar surface area (TPSA) is 32.7 Å². The van der Waals surface area contributed by atoms with E-state index in [0.29, 0.717) is 12.6 Å². The van der Waals surface area contributed by atoms with Crippen molar-refractivity contribution in [1.82, 2.24) is 4.90 Å². The first-order valence-electron chi connectivity index (χ1n) is 5.88. The summed E-state index contributed by atoms with van der Waals surface area (Å²) in [5.41, 5.74) is 2.61. The Balaban J connectivity index is 1.98. The molecule has 0 N–H and O–H groups in total. The molecule has 1 aliphatic rings. The molecule has 0 bridgehead atoms. The van der Waals surface area contributed by atoms with Crippen LogP contribution in [-0.2, 0) is 6.54 Å². The van der Waals surface area contributed by atoms with Crippen molar-refractivity contribution in [3.63, 3.8) is 0 Å². The molecule has 1 heterocycles. The van der Waals surface area contributed by atoms with E-state index in [0.717, 1.165) is 19.5 Å². The van der Waals surface area contributed by atoms with Gasteiger partial charge in [-0.25, -0.2) is 0 Å². The van der Waals surface area contributed by atoms with Gasteiger partial charge in [-0.3, -0.25) is 4.90 Å². The van der Waals surface area contributed by atoms with E-state index in [-0.39, 0.29) is 0 Å². The SMILES string of the molecule is Cc1ccc(CN2CCCC2CN=O)cc1. The molecule has 3 heteroatoms. The van der Waals surface area contributed by atoms with Gasteiger partial charge in [-0.1, -0.05) is 35.0 Å². The summed E-state index contributed by atoms with van der Waals surface area (Å²) in [6, 6.07) is 8.97. The lowest BCUT2D eigenvalue weighted by Crippen LogP contribution is -2.30. The summed E-state index contributed by atoms with van der Waals surface area (Å²) in [6.07, 6.45) is 2.30. The highest BCUT2D eigenvalue weighted by atomic mass is 16.3. The number of likely N-dealkylation sites (tertiary alicyclic amines) is 1. The van der Waals surface area contributed by atoms with Crippen molar-refractivity contribution in [1.29, 1.82) is 0 Å². The Morgan fingerprint density at radius 1 is 1.38 bits per heavy atom. The Labute approximate surface area is 96.4 Å². The van der Waals surface area contributed by atoms with E-state index in [9.17, 15) is 4.91 Å². The molecule has 0 amide bonds. The number of aryl methyl sites for hydroxylation is 1. The highest BCUT2D eigenvalue weighted by molar-refractivity contribution is 5.21. The van der Waals surface area contributed by atoms with E-state index in [2.05, 4.69) is 41.3 Å². The van der Waals surface area contributed by atoms with Crippen molar-refractivity contribution in [2.75, 3.05) is 13.1 Å². The van der Waals surface area contributed by atoms with Gasteiger partial charge >= 0.3 is 0 Å². The zero-order chi connectivity index (χ0) is 11.4. The fourth-order valence-electron chi connectivity index (χ4n) is 2.32. The van der Waals surface area contributed by atoms with E-state index < -0.39 is 0 Å². The maximum Gasteiger partial charge on any atom is 0.0966 e. The first-order chi connectivity index (χ1) is 7.79. The van der Waals surface area contributed by atoms with Crippen LogP contribution in [0, 0.1) is 11.8 Å². The molecule has 0 aromatic heterocycles. The lowest BCUT2D eigenvalue weighted by molar-refractivity contribution is 0.250. The van der Waals surface area contributed by atoms with Gasteiger partial charge in [0.05, 0.1) is 6.54 Å². The third kappa shape index (κ3) is 2.67. The first kappa shape index (κ1) is 11.3. The van der Waals surface area contributed by atoms with E-state index in [1.165, 1.54) is 17.5 Å². The average molecular weight is 218 g/mol. The van der Waals surface area contributed by atoms with Gasteiger partial charge in [0.15, 0.2) is 0 Å². The Hall–Kier alpha value is -1.22. The Morgan fingerprint density at radius 2 is 2.12 bits per heavy atom. The Morgan fingerprint density at radius 3 is 2.81 bits per heavy atom. The molecule has 0 spiro atoms. The molecule has 1 saturated heterocycles. The van der Waals surface area contributed by atoms with Gasteiger partial charge in [-0.15, -0.1) is 0 Å². The molecule has 1 aromatic carbocycles. The summed E-state index contributed by atoms with van der Waals surface area (Å²) in [6.45, 7) is 4.57. The molecule has 1 aliphatic heterocycles. The van der Waals surface area contributed by atoms with Crippen LogP contribution in [0.3, 0.4) is 0 Å². The third-order valence-electron chi connectivity index (χ3n) is 3.29. The lowest BCUT2D eigenvalue weighted by Gasteiger charge is -2.22. The minimum Gasteiger partial charge on any atom is -0.294 e. The van der Waals surface area contributed by atoms with Crippen LogP contribution in [0.25, 0.3) is 0 Å². The normalized spacial score (nSPS) is 21.2. The zero-order valence-electron chi connectivity index (χ0n) is 9.72. The van der Waals surface area contributed by atoms with Gasteiger partial charge in [0.1, 0.15) is 0 Å². The fraction of sp³-hybridized carbons (Fsp3) is 0.538. The highest BCUT2D eigenvalue weighted by Gasteiger charge is 2.24. The van der Waals surface area contributed by atoms with Crippen LogP contribution in [0.15, 0.2) is 29.4 Å². The standard InChI is InChI=1S/C13H18N2O/c1-11-4-6-12(7-5-11)10-15-8-2-3-13(15)9-14-16/h4-7,13H,2-3,8-10H2,1H3. The van der Waals surface area contributed by atoms with E-state index in [1.54, 1.807) is 0 Å². The number of nitroso groups, excluding NO2 is 1. The Kier molecular flexibility index (Phi) is 3.67. The largest absolute Gasteiger partial charge is 0.294 e. The number of nitrogens with zero attached hydrogens (tertiary/aromatic N) is 2.